The Morgan fingerprint density at radius 3 is 2.85 bits per heavy atom. The molecule has 108 valence electrons. The van der Waals surface area contributed by atoms with E-state index in [4.69, 9.17) is 0 Å². The number of nitrogens with one attached hydrogen (secondary N) is 1. The highest BCUT2D eigenvalue weighted by Crippen LogP contribution is 2.38. The van der Waals surface area contributed by atoms with Crippen LogP contribution in [-0.2, 0) is 4.79 Å². The fraction of sp³-hybridized carbons (Fsp3) is 0.538. The van der Waals surface area contributed by atoms with E-state index in [0.717, 1.165) is 19.3 Å². The quantitative estimate of drug-likeness (QED) is 0.647. The van der Waals surface area contributed by atoms with E-state index >= 15 is 0 Å². The van der Waals surface area contributed by atoms with Gasteiger partial charge in [0.05, 0.1) is 11.1 Å². The third-order valence-corrected chi connectivity index (χ3v) is 3.97. The Labute approximate surface area is 116 Å². The highest BCUT2D eigenvalue weighted by molar-refractivity contribution is 5.76. The van der Waals surface area contributed by atoms with Crippen LogP contribution in [-0.4, -0.2) is 27.0 Å². The van der Waals surface area contributed by atoms with Gasteiger partial charge < -0.3 is 20.5 Å². The lowest BCUT2D eigenvalue weighted by Crippen LogP contribution is -2.46. The lowest BCUT2D eigenvalue weighted by molar-refractivity contribution is -0.389. The third kappa shape index (κ3) is 2.71. The molecule has 2 rings (SSSR count). The van der Waals surface area contributed by atoms with Crippen LogP contribution in [0.15, 0.2) is 18.3 Å². The first-order valence-corrected chi connectivity index (χ1v) is 6.54. The second-order valence-corrected chi connectivity index (χ2v) is 5.33. The molecule has 1 aromatic rings. The first-order chi connectivity index (χ1) is 9.43. The van der Waals surface area contributed by atoms with Crippen molar-refractivity contribution in [2.24, 2.45) is 5.41 Å². The van der Waals surface area contributed by atoms with Crippen LogP contribution in [0.1, 0.15) is 32.6 Å². The first-order valence-electron chi connectivity index (χ1n) is 6.54. The summed E-state index contributed by atoms with van der Waals surface area (Å²) < 4.78 is 0. The van der Waals surface area contributed by atoms with Crippen LogP contribution in [0.25, 0.3) is 0 Å². The molecule has 0 spiro atoms. The van der Waals surface area contributed by atoms with E-state index in [0.29, 0.717) is 12.1 Å². The molecular formula is C13H17N3O4. The molecule has 2 atom stereocenters. The monoisotopic (exact) mass is 279 g/mol. The minimum Gasteiger partial charge on any atom is -0.481 e. The van der Waals surface area contributed by atoms with Crippen molar-refractivity contribution in [3.05, 3.63) is 28.4 Å². The maximum Gasteiger partial charge on any atom is 0.363 e. The number of aromatic nitrogens is 1. The van der Waals surface area contributed by atoms with Crippen LogP contribution in [0.3, 0.4) is 0 Å². The Morgan fingerprint density at radius 2 is 2.30 bits per heavy atom. The third-order valence-electron chi connectivity index (χ3n) is 3.97. The number of nitrogens with zero attached hydrogens (tertiary/aromatic N) is 2. The van der Waals surface area contributed by atoms with Crippen LogP contribution in [0, 0.1) is 15.5 Å². The molecule has 2 unspecified atom stereocenters. The smallest absolute Gasteiger partial charge is 0.363 e. The zero-order valence-corrected chi connectivity index (χ0v) is 11.2. The lowest BCUT2D eigenvalue weighted by Gasteiger charge is -2.38. The second-order valence-electron chi connectivity index (χ2n) is 5.33. The number of rotatable bonds is 4. The van der Waals surface area contributed by atoms with E-state index in [2.05, 4.69) is 10.3 Å². The highest BCUT2D eigenvalue weighted by Gasteiger charge is 2.43. The van der Waals surface area contributed by atoms with Crippen molar-refractivity contribution in [1.82, 2.24) is 4.98 Å². The molecule has 7 heteroatoms. The van der Waals surface area contributed by atoms with Crippen LogP contribution in [0.4, 0.5) is 11.5 Å². The van der Waals surface area contributed by atoms with Crippen LogP contribution >= 0.6 is 0 Å². The zero-order valence-electron chi connectivity index (χ0n) is 11.2. The summed E-state index contributed by atoms with van der Waals surface area (Å²) in [6.45, 7) is 1.74. The van der Waals surface area contributed by atoms with Crippen molar-refractivity contribution in [3.8, 4) is 0 Å². The van der Waals surface area contributed by atoms with Crippen molar-refractivity contribution >= 4 is 17.5 Å². The number of hydrogen-bond acceptors (Lipinski definition) is 5. The first kappa shape index (κ1) is 14.2. The van der Waals surface area contributed by atoms with Gasteiger partial charge in [0.2, 0.25) is 0 Å². The summed E-state index contributed by atoms with van der Waals surface area (Å²) >= 11 is 0. The van der Waals surface area contributed by atoms with E-state index in [1.165, 1.54) is 12.3 Å². The van der Waals surface area contributed by atoms with Crippen molar-refractivity contribution in [1.29, 1.82) is 0 Å². The minimum absolute atomic E-state index is 0.197. The van der Waals surface area contributed by atoms with Crippen molar-refractivity contribution < 1.29 is 14.8 Å². The average molecular weight is 279 g/mol. The summed E-state index contributed by atoms with van der Waals surface area (Å²) in [5.41, 5.74) is -0.213. The summed E-state index contributed by atoms with van der Waals surface area (Å²) in [5, 5.41) is 23.1. The molecule has 1 aliphatic rings. The number of carbonyl (C=O) groups is 1. The number of aliphatic carboxylic acids is 1. The lowest BCUT2D eigenvalue weighted by atomic mass is 9.71. The Hall–Kier alpha value is -2.18. The molecule has 0 radical (unpaired) electrons. The molecule has 2 N–H and O–H groups in total. The summed E-state index contributed by atoms with van der Waals surface area (Å²) in [6, 6.07) is 2.67. The van der Waals surface area contributed by atoms with Gasteiger partial charge in [0.25, 0.3) is 0 Å². The molecule has 7 nitrogen and oxygen atoms in total. The normalized spacial score (nSPS) is 25.9. The molecule has 0 saturated heterocycles. The zero-order chi connectivity index (χ0) is 14.8. The van der Waals surface area contributed by atoms with E-state index in [9.17, 15) is 20.0 Å². The van der Waals surface area contributed by atoms with Crippen molar-refractivity contribution in [2.45, 2.75) is 38.6 Å². The van der Waals surface area contributed by atoms with Gasteiger partial charge in [-0.25, -0.2) is 0 Å². The van der Waals surface area contributed by atoms with E-state index in [1.807, 2.05) is 0 Å². The number of carboxylic acid groups (broad SMARTS) is 1. The van der Waals surface area contributed by atoms with Gasteiger partial charge in [-0.15, -0.1) is 0 Å². The van der Waals surface area contributed by atoms with Gasteiger partial charge in [0.1, 0.15) is 0 Å². The van der Waals surface area contributed by atoms with Crippen LogP contribution in [0.2, 0.25) is 0 Å². The fourth-order valence-electron chi connectivity index (χ4n) is 2.60. The van der Waals surface area contributed by atoms with Gasteiger partial charge in [-0.05, 0) is 35.7 Å². The Bertz CT molecular complexity index is 517. The molecule has 1 aromatic heterocycles. The molecular weight excluding hydrogens is 262 g/mol. The number of carboxylic acids is 1. The van der Waals surface area contributed by atoms with Crippen LogP contribution < -0.4 is 5.32 Å². The van der Waals surface area contributed by atoms with Gasteiger partial charge in [-0.2, -0.15) is 0 Å². The summed E-state index contributed by atoms with van der Waals surface area (Å²) in [5.74, 6) is -1.04. The molecule has 0 aliphatic heterocycles. The standard InChI is InChI=1S/C13H17N3O4/c1-13(12(17)18)7-3-2-4-10(13)15-9-5-6-11(14-8-9)16(19)20/h5-6,8,10,15H,2-4,7H2,1H3,(H,17,18). The summed E-state index contributed by atoms with van der Waals surface area (Å²) in [6.07, 6.45) is 4.63. The molecule has 0 amide bonds. The van der Waals surface area contributed by atoms with Gasteiger partial charge in [-0.1, -0.05) is 12.8 Å². The molecule has 0 aromatic carbocycles. The highest BCUT2D eigenvalue weighted by atomic mass is 16.6. The minimum atomic E-state index is -0.819. The summed E-state index contributed by atoms with van der Waals surface area (Å²) in [7, 11) is 0. The molecule has 1 heterocycles. The molecule has 1 fully saturated rings. The fourth-order valence-corrected chi connectivity index (χ4v) is 2.60. The maximum atomic E-state index is 11.5. The van der Waals surface area contributed by atoms with E-state index in [-0.39, 0.29) is 11.9 Å². The number of anilines is 1. The molecule has 20 heavy (non-hydrogen) atoms. The second kappa shape index (κ2) is 5.44. The molecule has 1 aliphatic carbocycles. The maximum absolute atomic E-state index is 11.5. The van der Waals surface area contributed by atoms with Gasteiger partial charge >= 0.3 is 11.8 Å². The molecule has 1 saturated carbocycles. The Balaban J connectivity index is 2.15. The topological polar surface area (TPSA) is 105 Å². The number of nitro groups is 1. The van der Waals surface area contributed by atoms with Crippen LogP contribution in [0.5, 0.6) is 0 Å². The SMILES string of the molecule is CC1(C(=O)O)CCCCC1Nc1ccc([N+](=O)[O-])nc1. The Kier molecular flexibility index (Phi) is 3.87. The molecule has 0 bridgehead atoms. The van der Waals surface area contributed by atoms with Crippen molar-refractivity contribution in [3.63, 3.8) is 0 Å². The number of pyridine rings is 1. The van der Waals surface area contributed by atoms with Crippen molar-refractivity contribution in [2.75, 3.05) is 5.32 Å². The summed E-state index contributed by atoms with van der Waals surface area (Å²) in [4.78, 5) is 25.2. The average Bonchev–Trinajstić information content (AvgIpc) is 2.42. The van der Waals surface area contributed by atoms with Gasteiger partial charge in [-0.3, -0.25) is 4.79 Å². The number of hydrogen-bond donors (Lipinski definition) is 2. The predicted molar refractivity (Wildman–Crippen MR) is 72.5 cm³/mol. The predicted octanol–water partition coefficient (Wildman–Crippen LogP) is 2.44. The van der Waals surface area contributed by atoms with E-state index in [1.54, 1.807) is 13.0 Å². The van der Waals surface area contributed by atoms with E-state index < -0.39 is 16.3 Å². The van der Waals surface area contributed by atoms with Gasteiger partial charge in [0.15, 0.2) is 6.20 Å². The largest absolute Gasteiger partial charge is 0.481 e. The Morgan fingerprint density at radius 1 is 1.55 bits per heavy atom. The van der Waals surface area contributed by atoms with Gasteiger partial charge in [0, 0.05) is 12.1 Å².